The Hall–Kier alpha value is -1.87. The van der Waals surface area contributed by atoms with Gasteiger partial charge >= 0.3 is 0 Å². The van der Waals surface area contributed by atoms with Crippen LogP contribution < -0.4 is 4.90 Å². The smallest absolute Gasteiger partial charge is 0.182 e. The van der Waals surface area contributed by atoms with E-state index in [2.05, 4.69) is 0 Å². The highest BCUT2D eigenvalue weighted by atomic mass is 35.5. The van der Waals surface area contributed by atoms with Gasteiger partial charge in [-0.25, -0.2) is 4.39 Å². The summed E-state index contributed by atoms with van der Waals surface area (Å²) in [5.74, 6) is -0.384. The summed E-state index contributed by atoms with van der Waals surface area (Å²) in [5.41, 5.74) is 1.02. The predicted octanol–water partition coefficient (Wildman–Crippen LogP) is 4.19. The number of rotatable bonds is 5. The number of ketones is 1. The minimum atomic E-state index is -0.321. The van der Waals surface area contributed by atoms with Gasteiger partial charge < -0.3 is 4.90 Å². The Bertz CT molecular complexity index is 598. The fourth-order valence-electron chi connectivity index (χ4n) is 1.98. The average Bonchev–Trinajstić information content (AvgIpc) is 2.46. The van der Waals surface area contributed by atoms with E-state index >= 15 is 0 Å². The molecule has 2 aromatic rings. The van der Waals surface area contributed by atoms with Gasteiger partial charge in [0.1, 0.15) is 5.82 Å². The minimum Gasteiger partial charge on any atom is -0.362 e. The Labute approximate surface area is 122 Å². The Kier molecular flexibility index (Phi) is 4.74. The topological polar surface area (TPSA) is 20.3 Å². The zero-order valence-electron chi connectivity index (χ0n) is 11.1. The van der Waals surface area contributed by atoms with Crippen LogP contribution in [-0.2, 0) is 0 Å². The number of halogens is 2. The molecule has 0 fully saturated rings. The normalized spacial score (nSPS) is 10.3. The van der Waals surface area contributed by atoms with E-state index in [1.807, 2.05) is 6.92 Å². The monoisotopic (exact) mass is 291 g/mol. The lowest BCUT2D eigenvalue weighted by atomic mass is 10.1. The third-order valence-electron chi connectivity index (χ3n) is 3.08. The largest absolute Gasteiger partial charge is 0.362 e. The maximum Gasteiger partial charge on any atom is 0.182 e. The molecular formula is C16H15ClFNO. The van der Waals surface area contributed by atoms with Crippen LogP contribution in [0.4, 0.5) is 10.1 Å². The van der Waals surface area contributed by atoms with Gasteiger partial charge in [0.2, 0.25) is 0 Å². The van der Waals surface area contributed by atoms with Crippen LogP contribution in [-0.4, -0.2) is 18.9 Å². The number of hydrogen-bond acceptors (Lipinski definition) is 2. The standard InChI is InChI=1S/C16H15ClFNO/c1-2-19(15-6-4-3-5-14(15)18)11-16(20)12-7-9-13(17)10-8-12/h3-10H,2,11H2,1H3. The van der Waals surface area contributed by atoms with Gasteiger partial charge in [-0.2, -0.15) is 0 Å². The van der Waals surface area contributed by atoms with Gasteiger partial charge in [-0.15, -0.1) is 0 Å². The molecule has 0 aromatic heterocycles. The lowest BCUT2D eigenvalue weighted by Crippen LogP contribution is -2.30. The summed E-state index contributed by atoms with van der Waals surface area (Å²) < 4.78 is 13.8. The van der Waals surface area contributed by atoms with Crippen LogP contribution in [0.15, 0.2) is 48.5 Å². The Morgan fingerprint density at radius 1 is 1.15 bits per heavy atom. The molecule has 0 aliphatic heterocycles. The Balaban J connectivity index is 2.16. The summed E-state index contributed by atoms with van der Waals surface area (Å²) in [7, 11) is 0. The van der Waals surface area contributed by atoms with E-state index < -0.39 is 0 Å². The second-order valence-corrected chi connectivity index (χ2v) is 4.83. The molecule has 2 aromatic carbocycles. The SMILES string of the molecule is CCN(CC(=O)c1ccc(Cl)cc1)c1ccccc1F. The van der Waals surface area contributed by atoms with Gasteiger partial charge in [-0.1, -0.05) is 23.7 Å². The third-order valence-corrected chi connectivity index (χ3v) is 3.33. The number of Topliss-reactive ketones (excluding diaryl/α,β-unsaturated/α-hetero) is 1. The van der Waals surface area contributed by atoms with E-state index in [0.717, 1.165) is 0 Å². The van der Waals surface area contributed by atoms with Gasteiger partial charge in [0, 0.05) is 17.1 Å². The number of hydrogen-bond donors (Lipinski definition) is 0. The van der Waals surface area contributed by atoms with Crippen LogP contribution in [0.3, 0.4) is 0 Å². The van der Waals surface area contributed by atoms with Crippen molar-refractivity contribution in [2.45, 2.75) is 6.92 Å². The van der Waals surface area contributed by atoms with Crippen LogP contribution in [0.5, 0.6) is 0 Å². The maximum absolute atomic E-state index is 13.8. The molecule has 0 N–H and O–H groups in total. The van der Waals surface area contributed by atoms with E-state index in [4.69, 9.17) is 11.6 Å². The van der Waals surface area contributed by atoms with Gasteiger partial charge in [0.05, 0.1) is 12.2 Å². The van der Waals surface area contributed by atoms with Gasteiger partial charge in [0.25, 0.3) is 0 Å². The number of para-hydroxylation sites is 1. The molecule has 0 amide bonds. The van der Waals surface area contributed by atoms with Crippen LogP contribution in [0, 0.1) is 5.82 Å². The molecule has 0 unspecified atom stereocenters. The summed E-state index contributed by atoms with van der Waals surface area (Å²) in [6, 6.07) is 13.2. The van der Waals surface area contributed by atoms with Crippen molar-refractivity contribution in [2.24, 2.45) is 0 Å². The maximum atomic E-state index is 13.8. The summed E-state index contributed by atoms with van der Waals surface area (Å²) in [6.07, 6.45) is 0. The molecule has 0 radical (unpaired) electrons. The Morgan fingerprint density at radius 2 is 1.80 bits per heavy atom. The van der Waals surface area contributed by atoms with E-state index in [1.54, 1.807) is 47.4 Å². The fraction of sp³-hybridized carbons (Fsp3) is 0.188. The zero-order chi connectivity index (χ0) is 14.5. The second kappa shape index (κ2) is 6.53. The van der Waals surface area contributed by atoms with Crippen LogP contribution in [0.25, 0.3) is 0 Å². The number of likely N-dealkylation sites (N-methyl/N-ethyl adjacent to an activating group) is 1. The molecule has 0 aliphatic rings. The molecule has 0 heterocycles. The van der Waals surface area contributed by atoms with Gasteiger partial charge in [-0.3, -0.25) is 4.79 Å². The lowest BCUT2D eigenvalue weighted by molar-refractivity contribution is 0.0999. The van der Waals surface area contributed by atoms with E-state index in [9.17, 15) is 9.18 Å². The quantitative estimate of drug-likeness (QED) is 0.770. The Morgan fingerprint density at radius 3 is 2.40 bits per heavy atom. The predicted molar refractivity (Wildman–Crippen MR) is 80.1 cm³/mol. The summed E-state index contributed by atoms with van der Waals surface area (Å²) in [5, 5.41) is 0.586. The van der Waals surface area contributed by atoms with Crippen molar-refractivity contribution in [3.63, 3.8) is 0 Å². The number of benzene rings is 2. The first-order valence-electron chi connectivity index (χ1n) is 6.40. The van der Waals surface area contributed by atoms with Crippen molar-refractivity contribution in [1.82, 2.24) is 0 Å². The molecule has 0 spiro atoms. The highest BCUT2D eigenvalue weighted by Crippen LogP contribution is 2.19. The highest BCUT2D eigenvalue weighted by Gasteiger charge is 2.14. The van der Waals surface area contributed by atoms with E-state index in [1.165, 1.54) is 6.07 Å². The van der Waals surface area contributed by atoms with Gasteiger partial charge in [0.15, 0.2) is 5.78 Å². The molecule has 104 valence electrons. The van der Waals surface area contributed by atoms with Crippen LogP contribution in [0.2, 0.25) is 5.02 Å². The van der Waals surface area contributed by atoms with Crippen molar-refractivity contribution in [2.75, 3.05) is 18.0 Å². The molecule has 4 heteroatoms. The molecule has 0 aliphatic carbocycles. The summed E-state index contributed by atoms with van der Waals surface area (Å²) in [6.45, 7) is 2.58. The number of nitrogens with zero attached hydrogens (tertiary/aromatic N) is 1. The van der Waals surface area contributed by atoms with Crippen molar-refractivity contribution in [3.05, 3.63) is 64.9 Å². The van der Waals surface area contributed by atoms with Crippen molar-refractivity contribution >= 4 is 23.1 Å². The first-order chi connectivity index (χ1) is 9.61. The first-order valence-corrected chi connectivity index (χ1v) is 6.78. The molecular weight excluding hydrogens is 277 g/mol. The summed E-state index contributed by atoms with van der Waals surface area (Å²) >= 11 is 5.79. The molecule has 0 atom stereocenters. The molecule has 2 rings (SSSR count). The van der Waals surface area contributed by atoms with Crippen molar-refractivity contribution in [1.29, 1.82) is 0 Å². The second-order valence-electron chi connectivity index (χ2n) is 4.40. The van der Waals surface area contributed by atoms with Crippen LogP contribution >= 0.6 is 11.6 Å². The van der Waals surface area contributed by atoms with Crippen molar-refractivity contribution < 1.29 is 9.18 Å². The number of anilines is 1. The highest BCUT2D eigenvalue weighted by molar-refractivity contribution is 6.30. The molecule has 2 nitrogen and oxygen atoms in total. The minimum absolute atomic E-state index is 0.0632. The van der Waals surface area contributed by atoms with E-state index in [0.29, 0.717) is 22.8 Å². The molecule has 0 bridgehead atoms. The third kappa shape index (κ3) is 3.36. The van der Waals surface area contributed by atoms with Crippen LogP contribution in [0.1, 0.15) is 17.3 Å². The fourth-order valence-corrected chi connectivity index (χ4v) is 2.10. The lowest BCUT2D eigenvalue weighted by Gasteiger charge is -2.22. The average molecular weight is 292 g/mol. The number of carbonyl (C=O) groups excluding carboxylic acids is 1. The van der Waals surface area contributed by atoms with E-state index in [-0.39, 0.29) is 18.1 Å². The molecule has 0 saturated heterocycles. The first kappa shape index (κ1) is 14.5. The summed E-state index contributed by atoms with van der Waals surface area (Å²) in [4.78, 5) is 13.9. The zero-order valence-corrected chi connectivity index (χ0v) is 11.9. The molecule has 20 heavy (non-hydrogen) atoms. The van der Waals surface area contributed by atoms with Crippen molar-refractivity contribution in [3.8, 4) is 0 Å². The number of carbonyl (C=O) groups is 1. The molecule has 0 saturated carbocycles. The van der Waals surface area contributed by atoms with Gasteiger partial charge in [-0.05, 0) is 43.3 Å².